The predicted molar refractivity (Wildman–Crippen MR) is 72.8 cm³/mol. The molecular weight excluding hydrogens is 264 g/mol. The Balaban J connectivity index is 2.40. The van der Waals surface area contributed by atoms with Gasteiger partial charge in [-0.25, -0.2) is 9.59 Å². The predicted octanol–water partition coefficient (Wildman–Crippen LogP) is 2.25. The fourth-order valence-electron chi connectivity index (χ4n) is 1.99. The van der Waals surface area contributed by atoms with Gasteiger partial charge in [0, 0.05) is 10.6 Å². The summed E-state index contributed by atoms with van der Waals surface area (Å²) in [6.45, 7) is 5.74. The zero-order valence-corrected chi connectivity index (χ0v) is 11.9. The van der Waals surface area contributed by atoms with Crippen molar-refractivity contribution in [3.8, 4) is 0 Å². The number of thiophene rings is 1. The lowest BCUT2D eigenvalue weighted by Crippen LogP contribution is -2.45. The highest BCUT2D eigenvalue weighted by Gasteiger charge is 2.32. The number of urea groups is 1. The third kappa shape index (κ3) is 2.78. The van der Waals surface area contributed by atoms with Gasteiger partial charge in [0.15, 0.2) is 0 Å². The number of hydrogen-bond acceptors (Lipinski definition) is 4. The zero-order valence-electron chi connectivity index (χ0n) is 11.1. The molecular formula is C13H16N2O3S. The van der Waals surface area contributed by atoms with Crippen LogP contribution in [-0.2, 0) is 9.53 Å². The lowest BCUT2D eigenvalue weighted by Gasteiger charge is -2.27. The molecule has 2 N–H and O–H groups in total. The van der Waals surface area contributed by atoms with Gasteiger partial charge in [0.1, 0.15) is 0 Å². The van der Waals surface area contributed by atoms with E-state index in [1.165, 1.54) is 11.3 Å². The first-order valence-electron chi connectivity index (χ1n) is 6.03. The van der Waals surface area contributed by atoms with Crippen molar-refractivity contribution in [2.24, 2.45) is 0 Å². The number of allylic oxidation sites excluding steroid dienone is 1. The minimum absolute atomic E-state index is 0.304. The summed E-state index contributed by atoms with van der Waals surface area (Å²) in [5.41, 5.74) is 2.11. The molecule has 0 bridgehead atoms. The summed E-state index contributed by atoms with van der Waals surface area (Å²) < 4.78 is 5.06. The highest BCUT2D eigenvalue weighted by atomic mass is 32.1. The Labute approximate surface area is 115 Å². The van der Waals surface area contributed by atoms with E-state index >= 15 is 0 Å². The maximum atomic E-state index is 12.0. The van der Waals surface area contributed by atoms with Crippen LogP contribution < -0.4 is 10.6 Å². The van der Waals surface area contributed by atoms with E-state index in [9.17, 15) is 9.59 Å². The Bertz CT molecular complexity index is 548. The van der Waals surface area contributed by atoms with Gasteiger partial charge in [-0.3, -0.25) is 0 Å². The summed E-state index contributed by atoms with van der Waals surface area (Å²) >= 11 is 1.51. The van der Waals surface area contributed by atoms with Crippen LogP contribution in [0, 0.1) is 6.92 Å². The van der Waals surface area contributed by atoms with Crippen molar-refractivity contribution in [2.45, 2.75) is 26.8 Å². The lowest BCUT2D eigenvalue weighted by atomic mass is 10.0. The number of aryl methyl sites for hydroxylation is 1. The second-order valence-electron chi connectivity index (χ2n) is 4.32. The molecule has 5 nitrogen and oxygen atoms in total. The topological polar surface area (TPSA) is 67.4 Å². The number of carbonyl (C=O) groups is 2. The average molecular weight is 280 g/mol. The summed E-state index contributed by atoms with van der Waals surface area (Å²) in [5.74, 6) is -0.399. The molecule has 0 aliphatic carbocycles. The molecule has 1 aliphatic rings. The fourth-order valence-corrected chi connectivity index (χ4v) is 2.95. The summed E-state index contributed by atoms with van der Waals surface area (Å²) in [5, 5.41) is 7.36. The molecule has 0 radical (unpaired) electrons. The molecule has 2 rings (SSSR count). The first-order chi connectivity index (χ1) is 9.02. The molecule has 0 aromatic carbocycles. The van der Waals surface area contributed by atoms with Gasteiger partial charge in [-0.1, -0.05) is 0 Å². The molecule has 1 aliphatic heterocycles. The van der Waals surface area contributed by atoms with Gasteiger partial charge in [0.05, 0.1) is 18.2 Å². The molecule has 6 heteroatoms. The molecule has 102 valence electrons. The van der Waals surface area contributed by atoms with Crippen molar-refractivity contribution in [1.29, 1.82) is 0 Å². The smallest absolute Gasteiger partial charge is 0.338 e. The number of nitrogens with one attached hydrogen (secondary N) is 2. The van der Waals surface area contributed by atoms with E-state index < -0.39 is 12.0 Å². The van der Waals surface area contributed by atoms with Crippen molar-refractivity contribution >= 4 is 23.3 Å². The van der Waals surface area contributed by atoms with E-state index in [1.54, 1.807) is 13.8 Å². The number of esters is 1. The second kappa shape index (κ2) is 5.44. The molecule has 2 amide bonds. The Morgan fingerprint density at radius 1 is 1.47 bits per heavy atom. The zero-order chi connectivity index (χ0) is 14.0. The Hall–Kier alpha value is -1.82. The van der Waals surface area contributed by atoms with Crippen LogP contribution in [0.2, 0.25) is 0 Å². The number of hydrogen-bond donors (Lipinski definition) is 2. The van der Waals surface area contributed by atoms with E-state index in [-0.39, 0.29) is 6.03 Å². The molecule has 1 aromatic heterocycles. The van der Waals surface area contributed by atoms with E-state index in [0.29, 0.717) is 17.9 Å². The van der Waals surface area contributed by atoms with Crippen molar-refractivity contribution in [1.82, 2.24) is 10.6 Å². The lowest BCUT2D eigenvalue weighted by molar-refractivity contribution is -0.139. The number of amides is 2. The van der Waals surface area contributed by atoms with E-state index in [4.69, 9.17) is 4.74 Å². The third-order valence-electron chi connectivity index (χ3n) is 2.80. The minimum Gasteiger partial charge on any atom is -0.463 e. The van der Waals surface area contributed by atoms with Crippen LogP contribution in [0.3, 0.4) is 0 Å². The fraction of sp³-hybridized carbons (Fsp3) is 0.385. The van der Waals surface area contributed by atoms with Crippen LogP contribution >= 0.6 is 11.3 Å². The Kier molecular flexibility index (Phi) is 3.90. The van der Waals surface area contributed by atoms with Crippen LogP contribution in [-0.4, -0.2) is 18.6 Å². The van der Waals surface area contributed by atoms with Crippen LogP contribution in [0.5, 0.6) is 0 Å². The normalized spacial score (nSPS) is 18.9. The van der Waals surface area contributed by atoms with Crippen LogP contribution in [0.15, 0.2) is 22.7 Å². The molecule has 1 aromatic rings. The van der Waals surface area contributed by atoms with Crippen LogP contribution in [0.1, 0.15) is 30.3 Å². The quantitative estimate of drug-likeness (QED) is 0.834. The van der Waals surface area contributed by atoms with E-state index in [0.717, 1.165) is 10.4 Å². The van der Waals surface area contributed by atoms with Gasteiger partial charge in [-0.05, 0) is 37.8 Å². The summed E-state index contributed by atoms with van der Waals surface area (Å²) in [6.07, 6.45) is 0. The van der Waals surface area contributed by atoms with Gasteiger partial charge >= 0.3 is 12.0 Å². The summed E-state index contributed by atoms with van der Waals surface area (Å²) in [6, 6.07) is 1.22. The van der Waals surface area contributed by atoms with Crippen molar-refractivity contribution < 1.29 is 14.3 Å². The summed E-state index contributed by atoms with van der Waals surface area (Å²) in [4.78, 5) is 24.6. The molecule has 0 fully saturated rings. The number of carbonyl (C=O) groups excluding carboxylic acids is 2. The van der Waals surface area contributed by atoms with Gasteiger partial charge in [0.2, 0.25) is 0 Å². The molecule has 0 saturated heterocycles. The van der Waals surface area contributed by atoms with E-state index in [1.807, 2.05) is 18.4 Å². The highest BCUT2D eigenvalue weighted by Crippen LogP contribution is 2.31. The maximum Gasteiger partial charge on any atom is 0.338 e. The number of rotatable bonds is 3. The van der Waals surface area contributed by atoms with Crippen molar-refractivity contribution in [3.05, 3.63) is 33.2 Å². The van der Waals surface area contributed by atoms with Crippen LogP contribution in [0.25, 0.3) is 0 Å². The molecule has 0 spiro atoms. The van der Waals surface area contributed by atoms with Crippen molar-refractivity contribution in [2.75, 3.05) is 6.61 Å². The standard InChI is InChI=1S/C13H16N2O3S/c1-4-18-12(16)10-8(3)14-13(17)15-11(10)9-5-7(2)6-19-9/h5-6,11H,4H2,1-3H3,(H2,14,15,17)/t11-/m0/s1. The SMILES string of the molecule is CCOC(=O)C1=C(C)NC(=O)N[C@H]1c1cc(C)cs1. The Morgan fingerprint density at radius 2 is 2.21 bits per heavy atom. The highest BCUT2D eigenvalue weighted by molar-refractivity contribution is 7.10. The van der Waals surface area contributed by atoms with Crippen LogP contribution in [0.4, 0.5) is 4.79 Å². The monoisotopic (exact) mass is 280 g/mol. The van der Waals surface area contributed by atoms with Gasteiger partial charge in [0.25, 0.3) is 0 Å². The second-order valence-corrected chi connectivity index (χ2v) is 5.26. The largest absolute Gasteiger partial charge is 0.463 e. The molecule has 0 unspecified atom stereocenters. The number of ether oxygens (including phenoxy) is 1. The van der Waals surface area contributed by atoms with Crippen molar-refractivity contribution in [3.63, 3.8) is 0 Å². The summed E-state index contributed by atoms with van der Waals surface area (Å²) in [7, 11) is 0. The first-order valence-corrected chi connectivity index (χ1v) is 6.91. The van der Waals surface area contributed by atoms with E-state index in [2.05, 4.69) is 10.6 Å². The minimum atomic E-state index is -0.438. The van der Waals surface area contributed by atoms with Gasteiger partial charge < -0.3 is 15.4 Å². The first kappa shape index (κ1) is 13.6. The van der Waals surface area contributed by atoms with Gasteiger partial charge in [-0.2, -0.15) is 0 Å². The van der Waals surface area contributed by atoms with Gasteiger partial charge in [-0.15, -0.1) is 11.3 Å². The molecule has 1 atom stereocenters. The Morgan fingerprint density at radius 3 is 2.79 bits per heavy atom. The maximum absolute atomic E-state index is 12.0. The molecule has 2 heterocycles. The molecule has 0 saturated carbocycles. The average Bonchev–Trinajstić information content (AvgIpc) is 2.75. The third-order valence-corrected chi connectivity index (χ3v) is 3.92. The molecule has 19 heavy (non-hydrogen) atoms.